The van der Waals surface area contributed by atoms with Crippen LogP contribution in [-0.4, -0.2) is 13.2 Å². The van der Waals surface area contributed by atoms with Gasteiger partial charge in [0.15, 0.2) is 0 Å². The van der Waals surface area contributed by atoms with Crippen molar-refractivity contribution in [2.45, 2.75) is 26.3 Å². The van der Waals surface area contributed by atoms with Gasteiger partial charge in [-0.2, -0.15) is 0 Å². The molecule has 0 amide bonds. The number of aryl methyl sites for hydroxylation is 1. The van der Waals surface area contributed by atoms with E-state index in [9.17, 15) is 0 Å². The lowest BCUT2D eigenvalue weighted by molar-refractivity contribution is 0.346. The highest BCUT2D eigenvalue weighted by Crippen LogP contribution is 2.39. The first kappa shape index (κ1) is 13.7. The summed E-state index contributed by atoms with van der Waals surface area (Å²) >= 11 is 3.60. The predicted molar refractivity (Wildman–Crippen MR) is 82.3 cm³/mol. The summed E-state index contributed by atoms with van der Waals surface area (Å²) in [5.74, 6) is 2.86. The van der Waals surface area contributed by atoms with Crippen molar-refractivity contribution in [3.05, 3.63) is 51.4 Å². The number of hydrogen-bond donors (Lipinski definition) is 1. The van der Waals surface area contributed by atoms with E-state index < -0.39 is 0 Å². The van der Waals surface area contributed by atoms with Crippen molar-refractivity contribution in [2.75, 3.05) is 13.2 Å². The molecule has 3 rings (SSSR count). The molecule has 4 heteroatoms. The molecule has 0 saturated heterocycles. The lowest BCUT2D eigenvalue weighted by Crippen LogP contribution is -2.22. The molecule has 1 aromatic heterocycles. The second-order valence-corrected chi connectivity index (χ2v) is 5.94. The van der Waals surface area contributed by atoms with Crippen molar-refractivity contribution in [1.29, 1.82) is 0 Å². The van der Waals surface area contributed by atoms with E-state index in [1.54, 1.807) is 0 Å². The van der Waals surface area contributed by atoms with Crippen LogP contribution in [0.3, 0.4) is 0 Å². The normalized spacial score (nSPS) is 14.9. The van der Waals surface area contributed by atoms with Gasteiger partial charge in [-0.1, -0.05) is 22.9 Å². The lowest BCUT2D eigenvalue weighted by atomic mass is 10.00. The Morgan fingerprint density at radius 1 is 1.35 bits per heavy atom. The van der Waals surface area contributed by atoms with Gasteiger partial charge in [0, 0.05) is 16.5 Å². The van der Waals surface area contributed by atoms with E-state index in [0.29, 0.717) is 0 Å². The van der Waals surface area contributed by atoms with Crippen LogP contribution in [-0.2, 0) is 6.42 Å². The van der Waals surface area contributed by atoms with Crippen LogP contribution in [0.15, 0.2) is 33.2 Å². The molecule has 0 saturated carbocycles. The number of hydrogen-bond acceptors (Lipinski definition) is 3. The minimum atomic E-state index is 0.0260. The summed E-state index contributed by atoms with van der Waals surface area (Å²) in [7, 11) is 0. The predicted octanol–water partition coefficient (Wildman–Crippen LogP) is 3.98. The van der Waals surface area contributed by atoms with E-state index in [4.69, 9.17) is 9.15 Å². The Hall–Kier alpha value is -1.26. The van der Waals surface area contributed by atoms with Gasteiger partial charge in [-0.05, 0) is 43.3 Å². The van der Waals surface area contributed by atoms with E-state index in [1.165, 1.54) is 5.56 Å². The standard InChI is InChI=1S/C16H18BrNO2/c1-3-18-15(14-5-4-10(2)20-14)13-9-12(17)8-11-6-7-19-16(11)13/h4-5,8-9,15,18H,3,6-7H2,1-2H3. The van der Waals surface area contributed by atoms with Crippen molar-refractivity contribution in [2.24, 2.45) is 0 Å². The highest BCUT2D eigenvalue weighted by molar-refractivity contribution is 9.10. The smallest absolute Gasteiger partial charge is 0.127 e. The second kappa shape index (κ2) is 5.62. The molecule has 0 bridgehead atoms. The average Bonchev–Trinajstić information content (AvgIpc) is 3.03. The maximum absolute atomic E-state index is 5.84. The molecular weight excluding hydrogens is 318 g/mol. The molecule has 20 heavy (non-hydrogen) atoms. The van der Waals surface area contributed by atoms with Crippen LogP contribution in [0.2, 0.25) is 0 Å². The maximum atomic E-state index is 5.84. The molecule has 106 valence electrons. The topological polar surface area (TPSA) is 34.4 Å². The largest absolute Gasteiger partial charge is 0.493 e. The summed E-state index contributed by atoms with van der Waals surface area (Å²) in [5.41, 5.74) is 2.41. The van der Waals surface area contributed by atoms with Gasteiger partial charge < -0.3 is 14.5 Å². The van der Waals surface area contributed by atoms with Crippen LogP contribution in [0.4, 0.5) is 0 Å². The molecule has 2 aromatic rings. The SMILES string of the molecule is CCNC(c1ccc(C)o1)c1cc(Br)cc2c1OCC2. The van der Waals surface area contributed by atoms with Gasteiger partial charge in [-0.25, -0.2) is 0 Å². The summed E-state index contributed by atoms with van der Waals surface area (Å²) in [5, 5.41) is 3.49. The molecule has 0 fully saturated rings. The van der Waals surface area contributed by atoms with E-state index in [0.717, 1.165) is 46.9 Å². The molecule has 1 unspecified atom stereocenters. The van der Waals surface area contributed by atoms with Crippen LogP contribution >= 0.6 is 15.9 Å². The molecule has 1 aliphatic rings. The number of ether oxygens (including phenoxy) is 1. The highest BCUT2D eigenvalue weighted by atomic mass is 79.9. The minimum Gasteiger partial charge on any atom is -0.493 e. The van der Waals surface area contributed by atoms with Crippen LogP contribution in [0.5, 0.6) is 5.75 Å². The lowest BCUT2D eigenvalue weighted by Gasteiger charge is -2.19. The van der Waals surface area contributed by atoms with E-state index in [2.05, 4.69) is 40.3 Å². The monoisotopic (exact) mass is 335 g/mol. The summed E-state index contributed by atoms with van der Waals surface area (Å²) in [6.07, 6.45) is 0.970. The summed E-state index contributed by atoms with van der Waals surface area (Å²) < 4.78 is 12.7. The zero-order chi connectivity index (χ0) is 14.1. The van der Waals surface area contributed by atoms with Crippen LogP contribution in [0, 0.1) is 6.92 Å². The molecule has 1 aromatic carbocycles. The Morgan fingerprint density at radius 3 is 2.90 bits per heavy atom. The summed E-state index contributed by atoms with van der Waals surface area (Å²) in [6, 6.07) is 8.32. The third-order valence-electron chi connectivity index (χ3n) is 3.54. The van der Waals surface area contributed by atoms with E-state index >= 15 is 0 Å². The number of furan rings is 1. The molecule has 1 aliphatic heterocycles. The molecular formula is C16H18BrNO2. The molecule has 0 aliphatic carbocycles. The summed E-state index contributed by atoms with van der Waals surface area (Å²) in [6.45, 7) is 5.69. The fourth-order valence-corrected chi connectivity index (χ4v) is 3.21. The Balaban J connectivity index is 2.08. The van der Waals surface area contributed by atoms with Gasteiger partial charge in [0.2, 0.25) is 0 Å². The van der Waals surface area contributed by atoms with Gasteiger partial charge >= 0.3 is 0 Å². The van der Waals surface area contributed by atoms with Gasteiger partial charge in [-0.15, -0.1) is 0 Å². The first-order valence-corrected chi connectivity index (χ1v) is 7.73. The Kier molecular flexibility index (Phi) is 3.85. The van der Waals surface area contributed by atoms with E-state index in [1.807, 2.05) is 19.1 Å². The first-order valence-electron chi connectivity index (χ1n) is 6.94. The summed E-state index contributed by atoms with van der Waals surface area (Å²) in [4.78, 5) is 0. The highest BCUT2D eigenvalue weighted by Gasteiger charge is 2.25. The van der Waals surface area contributed by atoms with Crippen molar-refractivity contribution < 1.29 is 9.15 Å². The Labute approximate surface area is 127 Å². The molecule has 1 N–H and O–H groups in total. The van der Waals surface area contributed by atoms with Crippen molar-refractivity contribution >= 4 is 15.9 Å². The van der Waals surface area contributed by atoms with Crippen molar-refractivity contribution in [3.63, 3.8) is 0 Å². The average molecular weight is 336 g/mol. The van der Waals surface area contributed by atoms with Crippen molar-refractivity contribution in [3.8, 4) is 5.75 Å². The van der Waals surface area contributed by atoms with E-state index in [-0.39, 0.29) is 6.04 Å². The Morgan fingerprint density at radius 2 is 2.20 bits per heavy atom. The van der Waals surface area contributed by atoms with Gasteiger partial charge in [0.1, 0.15) is 17.3 Å². The molecule has 1 atom stereocenters. The van der Waals surface area contributed by atoms with Gasteiger partial charge in [-0.3, -0.25) is 0 Å². The van der Waals surface area contributed by atoms with Crippen LogP contribution in [0.25, 0.3) is 0 Å². The van der Waals surface area contributed by atoms with Gasteiger partial charge in [0.25, 0.3) is 0 Å². The number of rotatable bonds is 4. The molecule has 0 spiro atoms. The van der Waals surface area contributed by atoms with Gasteiger partial charge in [0.05, 0.1) is 12.6 Å². The van der Waals surface area contributed by atoms with Crippen molar-refractivity contribution in [1.82, 2.24) is 5.32 Å². The molecule has 0 radical (unpaired) electrons. The second-order valence-electron chi connectivity index (χ2n) is 5.02. The third-order valence-corrected chi connectivity index (χ3v) is 4.00. The first-order chi connectivity index (χ1) is 9.69. The zero-order valence-corrected chi connectivity index (χ0v) is 13.3. The number of nitrogens with one attached hydrogen (secondary N) is 1. The molecule has 2 heterocycles. The molecule has 3 nitrogen and oxygen atoms in total. The third kappa shape index (κ3) is 2.50. The Bertz CT molecular complexity index is 621. The number of halogens is 1. The van der Waals surface area contributed by atoms with Crippen LogP contribution in [0.1, 0.15) is 35.6 Å². The minimum absolute atomic E-state index is 0.0260. The fraction of sp³-hybridized carbons (Fsp3) is 0.375. The zero-order valence-electron chi connectivity index (χ0n) is 11.7. The fourth-order valence-electron chi connectivity index (χ4n) is 2.69. The van der Waals surface area contributed by atoms with Crippen LogP contribution < -0.4 is 10.1 Å². The number of fused-ring (bicyclic) bond motifs is 1. The number of benzene rings is 1. The quantitative estimate of drug-likeness (QED) is 0.917. The maximum Gasteiger partial charge on any atom is 0.127 e.